The molecule has 158 valence electrons. The highest BCUT2D eigenvalue weighted by molar-refractivity contribution is 7.17. The highest BCUT2D eigenvalue weighted by Gasteiger charge is 2.36. The van der Waals surface area contributed by atoms with Gasteiger partial charge in [0.15, 0.2) is 0 Å². The van der Waals surface area contributed by atoms with Crippen molar-refractivity contribution >= 4 is 11.3 Å². The first-order chi connectivity index (χ1) is 14.1. The Kier molecular flexibility index (Phi) is 6.54. The van der Waals surface area contributed by atoms with E-state index in [-0.39, 0.29) is 6.61 Å². The molecule has 2 atom stereocenters. The third-order valence-corrected chi connectivity index (χ3v) is 7.25. The number of benzene rings is 1. The molecule has 1 heterocycles. The van der Waals surface area contributed by atoms with Crippen molar-refractivity contribution in [3.05, 3.63) is 35.0 Å². The van der Waals surface area contributed by atoms with Gasteiger partial charge in [-0.1, -0.05) is 42.9 Å². The molecule has 29 heavy (non-hydrogen) atoms. The quantitative estimate of drug-likeness (QED) is 0.603. The van der Waals surface area contributed by atoms with Crippen LogP contribution in [0.2, 0.25) is 0 Å². The summed E-state index contributed by atoms with van der Waals surface area (Å²) in [6.07, 6.45) is 7.04. The van der Waals surface area contributed by atoms with Crippen LogP contribution in [0.15, 0.2) is 18.2 Å². The number of unbranched alkanes of at least 4 members (excludes halogenated alkanes) is 1. The number of nitrogens with zero attached hydrogens (tertiary/aromatic N) is 1. The standard InChI is InChI=1S/C23H32N2O3S/c1-2-3-10-27-11-12-28-22-25-20-7-5-17-13-16(4-6-19(17)21(20)29-22)18-8-9-23(24,14-18)15-26/h4,6,13,18,26H,2-3,5,7-12,14-15,24H2,1H3/t18-,23+/m0/s1. The van der Waals surface area contributed by atoms with E-state index in [4.69, 9.17) is 20.2 Å². The fourth-order valence-corrected chi connectivity index (χ4v) is 5.49. The van der Waals surface area contributed by atoms with Crippen LogP contribution in [0.4, 0.5) is 0 Å². The molecule has 0 radical (unpaired) electrons. The van der Waals surface area contributed by atoms with Gasteiger partial charge in [0.25, 0.3) is 5.19 Å². The third kappa shape index (κ3) is 4.66. The van der Waals surface area contributed by atoms with Gasteiger partial charge in [-0.25, -0.2) is 4.98 Å². The highest BCUT2D eigenvalue weighted by atomic mass is 32.1. The van der Waals surface area contributed by atoms with Crippen molar-refractivity contribution < 1.29 is 14.6 Å². The number of hydrogen-bond donors (Lipinski definition) is 2. The maximum Gasteiger partial charge on any atom is 0.274 e. The molecule has 4 rings (SSSR count). The molecule has 1 aromatic heterocycles. The highest BCUT2D eigenvalue weighted by Crippen LogP contribution is 2.44. The molecule has 1 aromatic carbocycles. The van der Waals surface area contributed by atoms with E-state index in [2.05, 4.69) is 25.1 Å². The lowest BCUT2D eigenvalue weighted by Crippen LogP contribution is -2.40. The van der Waals surface area contributed by atoms with E-state index < -0.39 is 5.54 Å². The predicted molar refractivity (Wildman–Crippen MR) is 117 cm³/mol. The van der Waals surface area contributed by atoms with Crippen molar-refractivity contribution in [3.8, 4) is 15.6 Å². The number of fused-ring (bicyclic) bond motifs is 3. The van der Waals surface area contributed by atoms with Gasteiger partial charge in [0, 0.05) is 12.1 Å². The number of aliphatic hydroxyl groups is 1. The molecule has 0 aliphatic heterocycles. The lowest BCUT2D eigenvalue weighted by molar-refractivity contribution is 0.0979. The molecular formula is C23H32N2O3S. The van der Waals surface area contributed by atoms with Gasteiger partial charge in [-0.15, -0.1) is 0 Å². The average Bonchev–Trinajstić information content (AvgIpc) is 3.34. The van der Waals surface area contributed by atoms with E-state index in [1.807, 2.05) is 0 Å². The molecular weight excluding hydrogens is 384 g/mol. The van der Waals surface area contributed by atoms with Crippen LogP contribution in [0, 0.1) is 0 Å². The summed E-state index contributed by atoms with van der Waals surface area (Å²) < 4.78 is 11.4. The largest absolute Gasteiger partial charge is 0.468 e. The Morgan fingerprint density at radius 1 is 1.28 bits per heavy atom. The van der Waals surface area contributed by atoms with Crippen molar-refractivity contribution in [2.45, 2.75) is 63.3 Å². The van der Waals surface area contributed by atoms with Gasteiger partial charge < -0.3 is 20.3 Å². The number of aryl methyl sites for hydroxylation is 2. The van der Waals surface area contributed by atoms with Gasteiger partial charge >= 0.3 is 0 Å². The zero-order chi connectivity index (χ0) is 20.3. The lowest BCUT2D eigenvalue weighted by atomic mass is 9.87. The van der Waals surface area contributed by atoms with Crippen LogP contribution >= 0.6 is 11.3 Å². The predicted octanol–water partition coefficient (Wildman–Crippen LogP) is 4.06. The van der Waals surface area contributed by atoms with E-state index >= 15 is 0 Å². The van der Waals surface area contributed by atoms with Crippen LogP contribution in [-0.2, 0) is 17.6 Å². The van der Waals surface area contributed by atoms with E-state index in [9.17, 15) is 5.11 Å². The van der Waals surface area contributed by atoms with Gasteiger partial charge in [0.05, 0.1) is 23.8 Å². The Bertz CT molecular complexity index is 838. The summed E-state index contributed by atoms with van der Waals surface area (Å²) in [6.45, 7) is 4.20. The Morgan fingerprint density at radius 3 is 2.97 bits per heavy atom. The van der Waals surface area contributed by atoms with Crippen molar-refractivity contribution in [3.63, 3.8) is 0 Å². The molecule has 1 saturated carbocycles. The van der Waals surface area contributed by atoms with Crippen LogP contribution in [0.1, 0.15) is 61.8 Å². The third-order valence-electron chi connectivity index (χ3n) is 6.21. The molecule has 2 aliphatic rings. The van der Waals surface area contributed by atoms with Crippen LogP contribution in [0.5, 0.6) is 5.19 Å². The zero-order valence-corrected chi connectivity index (χ0v) is 18.1. The van der Waals surface area contributed by atoms with Gasteiger partial charge in [0.2, 0.25) is 0 Å². The molecule has 0 unspecified atom stereocenters. The van der Waals surface area contributed by atoms with E-state index in [0.29, 0.717) is 19.1 Å². The summed E-state index contributed by atoms with van der Waals surface area (Å²) in [4.78, 5) is 5.96. The van der Waals surface area contributed by atoms with E-state index in [1.54, 1.807) is 11.3 Å². The lowest BCUT2D eigenvalue weighted by Gasteiger charge is -2.22. The summed E-state index contributed by atoms with van der Waals surface area (Å²) in [6, 6.07) is 6.84. The summed E-state index contributed by atoms with van der Waals surface area (Å²) in [5.74, 6) is 0.451. The minimum Gasteiger partial charge on any atom is -0.468 e. The molecule has 0 bridgehead atoms. The van der Waals surface area contributed by atoms with E-state index in [1.165, 1.54) is 21.6 Å². The van der Waals surface area contributed by atoms with Crippen LogP contribution in [-0.4, -0.2) is 42.1 Å². The van der Waals surface area contributed by atoms with Crippen molar-refractivity contribution in [1.29, 1.82) is 0 Å². The minimum absolute atomic E-state index is 0.0745. The maximum absolute atomic E-state index is 9.56. The van der Waals surface area contributed by atoms with Crippen molar-refractivity contribution in [2.75, 3.05) is 26.4 Å². The molecule has 0 amide bonds. The van der Waals surface area contributed by atoms with Crippen LogP contribution in [0.25, 0.3) is 10.4 Å². The second-order valence-corrected chi connectivity index (χ2v) is 9.41. The smallest absolute Gasteiger partial charge is 0.274 e. The molecule has 5 nitrogen and oxygen atoms in total. The number of hydrogen-bond acceptors (Lipinski definition) is 6. The summed E-state index contributed by atoms with van der Waals surface area (Å²) in [5.41, 5.74) is 11.1. The number of aromatic nitrogens is 1. The number of ether oxygens (including phenoxy) is 2. The number of thiazole rings is 1. The molecule has 0 saturated heterocycles. The number of aliphatic hydroxyl groups excluding tert-OH is 1. The van der Waals surface area contributed by atoms with Gasteiger partial charge in [-0.05, 0) is 61.1 Å². The Labute approximate surface area is 177 Å². The van der Waals surface area contributed by atoms with Crippen molar-refractivity contribution in [2.24, 2.45) is 5.73 Å². The van der Waals surface area contributed by atoms with Gasteiger partial charge in [-0.3, -0.25) is 0 Å². The molecule has 0 spiro atoms. The first-order valence-corrected chi connectivity index (χ1v) is 11.7. The van der Waals surface area contributed by atoms with Gasteiger partial charge in [0.1, 0.15) is 6.61 Å². The zero-order valence-electron chi connectivity index (χ0n) is 17.3. The first kappa shape index (κ1) is 20.8. The summed E-state index contributed by atoms with van der Waals surface area (Å²) in [7, 11) is 0. The number of nitrogens with two attached hydrogens (primary N) is 1. The SMILES string of the molecule is CCCCOCCOc1nc2c(s1)-c1ccc([C@H]3CC[C@](N)(CO)C3)cc1CC2. The van der Waals surface area contributed by atoms with Crippen LogP contribution < -0.4 is 10.5 Å². The number of rotatable bonds is 9. The fraction of sp³-hybridized carbons (Fsp3) is 0.609. The average molecular weight is 417 g/mol. The normalized spacial score (nSPS) is 23.1. The second-order valence-electron chi connectivity index (χ2n) is 8.45. The Morgan fingerprint density at radius 2 is 2.17 bits per heavy atom. The Hall–Kier alpha value is -1.47. The second kappa shape index (κ2) is 9.13. The molecule has 6 heteroatoms. The fourth-order valence-electron chi connectivity index (χ4n) is 4.44. The first-order valence-electron chi connectivity index (χ1n) is 10.8. The maximum atomic E-state index is 9.56. The topological polar surface area (TPSA) is 77.6 Å². The molecule has 2 aliphatic carbocycles. The minimum atomic E-state index is -0.405. The Balaban J connectivity index is 1.42. The van der Waals surface area contributed by atoms with Crippen molar-refractivity contribution in [1.82, 2.24) is 4.98 Å². The van der Waals surface area contributed by atoms with E-state index in [0.717, 1.165) is 62.4 Å². The monoisotopic (exact) mass is 416 g/mol. The molecule has 3 N–H and O–H groups in total. The van der Waals surface area contributed by atoms with Gasteiger partial charge in [-0.2, -0.15) is 0 Å². The molecule has 1 fully saturated rings. The summed E-state index contributed by atoms with van der Waals surface area (Å²) in [5, 5.41) is 10.3. The molecule has 2 aromatic rings. The van der Waals surface area contributed by atoms with Crippen LogP contribution in [0.3, 0.4) is 0 Å². The summed E-state index contributed by atoms with van der Waals surface area (Å²) >= 11 is 1.65.